The number of nitrogens with one attached hydrogen (secondary N) is 1. The Balaban J connectivity index is 1.56. The van der Waals surface area contributed by atoms with E-state index >= 15 is 0 Å². The van der Waals surface area contributed by atoms with Crippen LogP contribution in [0, 0.1) is 0 Å². The maximum atomic E-state index is 12.8. The molecule has 1 aliphatic rings. The van der Waals surface area contributed by atoms with Gasteiger partial charge in [0.1, 0.15) is 17.2 Å². The molecule has 0 radical (unpaired) electrons. The molecule has 0 amide bonds. The van der Waals surface area contributed by atoms with Gasteiger partial charge in [-0.25, -0.2) is 13.1 Å². The predicted octanol–water partition coefficient (Wildman–Crippen LogP) is 4.03. The molecule has 0 saturated carbocycles. The molecule has 2 heterocycles. The molecule has 3 aromatic carbocycles. The molecule has 0 spiro atoms. The van der Waals surface area contributed by atoms with E-state index in [0.717, 1.165) is 44.5 Å². The molecule has 1 saturated heterocycles. The van der Waals surface area contributed by atoms with E-state index in [1.165, 1.54) is 10.2 Å². The minimum atomic E-state index is -3.52. The van der Waals surface area contributed by atoms with Gasteiger partial charge in [0.05, 0.1) is 6.26 Å². The zero-order chi connectivity index (χ0) is 28.3. The Bertz CT molecular complexity index is 1650. The van der Waals surface area contributed by atoms with Crippen LogP contribution >= 0.6 is 0 Å². The van der Waals surface area contributed by atoms with Gasteiger partial charge in [-0.2, -0.15) is 5.10 Å². The van der Waals surface area contributed by atoms with E-state index in [-0.39, 0.29) is 5.56 Å². The van der Waals surface area contributed by atoms with Crippen molar-refractivity contribution < 1.29 is 13.2 Å². The summed E-state index contributed by atoms with van der Waals surface area (Å²) in [5.41, 5.74) is 3.80. The molecule has 0 atom stereocenters. The zero-order valence-electron chi connectivity index (χ0n) is 22.9. The Labute approximate surface area is 234 Å². The van der Waals surface area contributed by atoms with Crippen LogP contribution in [0.25, 0.3) is 22.4 Å². The highest BCUT2D eigenvalue weighted by Crippen LogP contribution is 2.39. The average Bonchev–Trinajstić information content (AvgIpc) is 2.92. The Morgan fingerprint density at radius 1 is 0.875 bits per heavy atom. The van der Waals surface area contributed by atoms with Crippen molar-refractivity contribution in [2.45, 2.75) is 6.54 Å². The molecule has 4 aromatic rings. The number of rotatable bonds is 8. The van der Waals surface area contributed by atoms with Gasteiger partial charge in [-0.3, -0.25) is 14.4 Å². The third-order valence-electron chi connectivity index (χ3n) is 6.87. The molecule has 0 unspecified atom stereocenters. The van der Waals surface area contributed by atoms with Gasteiger partial charge in [0.2, 0.25) is 10.0 Å². The average molecular weight is 560 g/mol. The first kappa shape index (κ1) is 27.6. The van der Waals surface area contributed by atoms with Crippen LogP contribution in [0.5, 0.6) is 11.5 Å². The number of ether oxygens (including phenoxy) is 1. The van der Waals surface area contributed by atoms with E-state index in [4.69, 9.17) is 4.74 Å². The number of piperazine rings is 1. The molecule has 1 aliphatic heterocycles. The Hall–Kier alpha value is -3.99. The van der Waals surface area contributed by atoms with Crippen LogP contribution in [0.1, 0.15) is 5.56 Å². The summed E-state index contributed by atoms with van der Waals surface area (Å²) in [6.07, 6.45) is 1.10. The second kappa shape index (κ2) is 11.6. The lowest BCUT2D eigenvalue weighted by atomic mass is 9.98. The number of hydrogen-bond acceptors (Lipinski definition) is 7. The maximum absolute atomic E-state index is 12.8. The zero-order valence-corrected chi connectivity index (χ0v) is 23.7. The number of hydrogen-bond donors (Lipinski definition) is 1. The van der Waals surface area contributed by atoms with Crippen molar-refractivity contribution in [2.75, 3.05) is 44.2 Å². The smallest absolute Gasteiger partial charge is 0.267 e. The highest BCUT2D eigenvalue weighted by Gasteiger charge is 2.19. The van der Waals surface area contributed by atoms with E-state index in [1.807, 2.05) is 42.5 Å². The summed E-state index contributed by atoms with van der Waals surface area (Å²) in [6.45, 7) is 5.04. The highest BCUT2D eigenvalue weighted by atomic mass is 32.2. The quantitative estimate of drug-likeness (QED) is 0.348. The summed E-state index contributed by atoms with van der Waals surface area (Å²) in [6, 6.07) is 24.0. The van der Waals surface area contributed by atoms with Gasteiger partial charge in [-0.1, -0.05) is 42.5 Å². The van der Waals surface area contributed by atoms with Crippen molar-refractivity contribution in [3.8, 4) is 33.9 Å². The fourth-order valence-electron chi connectivity index (χ4n) is 4.71. The van der Waals surface area contributed by atoms with Crippen molar-refractivity contribution in [1.82, 2.24) is 19.6 Å². The molecule has 9 nitrogen and oxygen atoms in total. The van der Waals surface area contributed by atoms with Crippen LogP contribution in [0.3, 0.4) is 0 Å². The van der Waals surface area contributed by atoms with E-state index in [2.05, 4.69) is 38.8 Å². The molecule has 5 rings (SSSR count). The highest BCUT2D eigenvalue weighted by molar-refractivity contribution is 7.92. The first-order chi connectivity index (χ1) is 19.1. The van der Waals surface area contributed by atoms with Gasteiger partial charge < -0.3 is 9.64 Å². The molecular weight excluding hydrogens is 526 g/mol. The van der Waals surface area contributed by atoms with Gasteiger partial charge in [0, 0.05) is 62.7 Å². The number of sulfonamides is 1. The lowest BCUT2D eigenvalue weighted by Gasteiger charge is -2.32. The number of likely N-dealkylation sites (N-methyl/N-ethyl adjacent to an activating group) is 1. The van der Waals surface area contributed by atoms with E-state index in [9.17, 15) is 13.2 Å². The monoisotopic (exact) mass is 559 g/mol. The minimum absolute atomic E-state index is 0.254. The Morgan fingerprint density at radius 3 is 2.25 bits per heavy atom. The largest absolute Gasteiger partial charge is 0.457 e. The summed E-state index contributed by atoms with van der Waals surface area (Å²) < 4.78 is 34.0. The van der Waals surface area contributed by atoms with Crippen molar-refractivity contribution in [3.63, 3.8) is 0 Å². The number of anilines is 1. The second-order valence-electron chi connectivity index (χ2n) is 10.1. The summed E-state index contributed by atoms with van der Waals surface area (Å²) >= 11 is 0. The van der Waals surface area contributed by atoms with E-state index < -0.39 is 10.0 Å². The predicted molar refractivity (Wildman–Crippen MR) is 158 cm³/mol. The standard InChI is InChI=1S/C30H33N5O4S/c1-33-15-17-35(18-16-33)21-22-9-11-23(12-10-22)26-20-29(36)34(2)31-30(26)27-19-24(32-40(3,37)38)13-14-28(27)39-25-7-5-4-6-8-25/h4-14,19-20,32H,15-18,21H2,1-3H3. The molecule has 40 heavy (non-hydrogen) atoms. The third-order valence-corrected chi connectivity index (χ3v) is 7.47. The fourth-order valence-corrected chi connectivity index (χ4v) is 5.26. The first-order valence-electron chi connectivity index (χ1n) is 13.1. The number of aryl methyl sites for hydroxylation is 1. The van der Waals surface area contributed by atoms with E-state index in [0.29, 0.717) is 34.0 Å². The van der Waals surface area contributed by atoms with E-state index in [1.54, 1.807) is 31.3 Å². The molecule has 10 heteroatoms. The fraction of sp³-hybridized carbons (Fsp3) is 0.267. The molecule has 1 N–H and O–H groups in total. The van der Waals surface area contributed by atoms with Crippen molar-refractivity contribution in [3.05, 3.63) is 94.8 Å². The summed E-state index contributed by atoms with van der Waals surface area (Å²) in [5, 5.41) is 4.62. The SMILES string of the molecule is CN1CCN(Cc2ccc(-c3cc(=O)n(C)nc3-c3cc(NS(C)(=O)=O)ccc3Oc3ccccc3)cc2)CC1. The normalized spacial score (nSPS) is 14.7. The Morgan fingerprint density at radius 2 is 1.57 bits per heavy atom. The van der Waals surface area contributed by atoms with Crippen LogP contribution in [0.15, 0.2) is 83.7 Å². The second-order valence-corrected chi connectivity index (χ2v) is 11.9. The minimum Gasteiger partial charge on any atom is -0.457 e. The Kier molecular flexibility index (Phi) is 8.02. The molecule has 1 aromatic heterocycles. The molecular formula is C30H33N5O4S. The number of para-hydroxylation sites is 1. The van der Waals surface area contributed by atoms with Crippen LogP contribution in [0.2, 0.25) is 0 Å². The lowest BCUT2D eigenvalue weighted by Crippen LogP contribution is -2.43. The number of nitrogens with zero attached hydrogens (tertiary/aromatic N) is 4. The molecule has 0 aliphatic carbocycles. The molecule has 208 valence electrons. The number of benzene rings is 3. The first-order valence-corrected chi connectivity index (χ1v) is 15.0. The van der Waals surface area contributed by atoms with Crippen LogP contribution < -0.4 is 15.0 Å². The van der Waals surface area contributed by atoms with Gasteiger partial charge >= 0.3 is 0 Å². The van der Waals surface area contributed by atoms with Crippen molar-refractivity contribution in [1.29, 1.82) is 0 Å². The lowest BCUT2D eigenvalue weighted by molar-refractivity contribution is 0.148. The topological polar surface area (TPSA) is 96.8 Å². The van der Waals surface area contributed by atoms with Gasteiger partial charge in [0.25, 0.3) is 5.56 Å². The molecule has 1 fully saturated rings. The van der Waals surface area contributed by atoms with Crippen LogP contribution in [0.4, 0.5) is 5.69 Å². The van der Waals surface area contributed by atoms with Gasteiger partial charge in [-0.05, 0) is 48.5 Å². The van der Waals surface area contributed by atoms with Gasteiger partial charge in [-0.15, -0.1) is 0 Å². The number of aromatic nitrogens is 2. The summed E-state index contributed by atoms with van der Waals surface area (Å²) in [7, 11) is 0.214. The van der Waals surface area contributed by atoms with Crippen molar-refractivity contribution >= 4 is 15.7 Å². The molecule has 0 bridgehead atoms. The summed E-state index contributed by atoms with van der Waals surface area (Å²) in [5.74, 6) is 1.09. The maximum Gasteiger partial charge on any atom is 0.267 e. The summed E-state index contributed by atoms with van der Waals surface area (Å²) in [4.78, 5) is 17.5. The van der Waals surface area contributed by atoms with Crippen molar-refractivity contribution in [2.24, 2.45) is 7.05 Å². The third kappa shape index (κ3) is 6.77. The van der Waals surface area contributed by atoms with Crippen LogP contribution in [-0.4, -0.2) is 67.5 Å². The van der Waals surface area contributed by atoms with Crippen LogP contribution in [-0.2, 0) is 23.6 Å². The van der Waals surface area contributed by atoms with Gasteiger partial charge in [0.15, 0.2) is 0 Å².